The zero-order valence-electron chi connectivity index (χ0n) is 9.64. The van der Waals surface area contributed by atoms with Crippen molar-refractivity contribution in [3.8, 4) is 5.75 Å². The lowest BCUT2D eigenvalue weighted by Gasteiger charge is -2.03. The van der Waals surface area contributed by atoms with Crippen molar-refractivity contribution in [2.45, 2.75) is 0 Å². The largest absolute Gasteiger partial charge is 0.502 e. The fraction of sp³-hybridized carbons (Fsp3) is 0.111. The second kappa shape index (κ2) is 4.68. The molecule has 2 rings (SSSR count). The number of phenolic OH excluding ortho intramolecular Hbond substituents is 1. The smallest absolute Gasteiger partial charge is 0.311 e. The highest BCUT2D eigenvalue weighted by atomic mass is 16.6. The van der Waals surface area contributed by atoms with Gasteiger partial charge < -0.3 is 5.11 Å². The third kappa shape index (κ3) is 2.46. The van der Waals surface area contributed by atoms with Crippen LogP contribution in [-0.2, 0) is 7.05 Å². The van der Waals surface area contributed by atoms with Gasteiger partial charge in [-0.2, -0.15) is 4.80 Å². The van der Waals surface area contributed by atoms with Crippen molar-refractivity contribution >= 4 is 17.5 Å². The van der Waals surface area contributed by atoms with Crippen LogP contribution in [0, 0.1) is 10.1 Å². The molecule has 98 valence electrons. The number of tetrazole rings is 1. The standard InChI is InChI=1S/C9H8N6O4/c1-14-12-9(11-13-14)10-8(17)5-3-2-4-6(7(5)16)15(18)19/h2-4,16H,1H3,(H,10,12,17). The Kier molecular flexibility index (Phi) is 3.06. The van der Waals surface area contributed by atoms with E-state index < -0.39 is 22.3 Å². The highest BCUT2D eigenvalue weighted by Gasteiger charge is 2.21. The molecule has 1 heterocycles. The molecule has 1 amide bonds. The van der Waals surface area contributed by atoms with E-state index in [-0.39, 0.29) is 11.5 Å². The van der Waals surface area contributed by atoms with Crippen molar-refractivity contribution in [2.24, 2.45) is 7.05 Å². The summed E-state index contributed by atoms with van der Waals surface area (Å²) < 4.78 is 0. The number of nitro benzene ring substituents is 1. The summed E-state index contributed by atoms with van der Waals surface area (Å²) in [5.74, 6) is -1.55. The number of anilines is 1. The number of aryl methyl sites for hydroxylation is 1. The highest BCUT2D eigenvalue weighted by molar-refractivity contribution is 6.06. The van der Waals surface area contributed by atoms with Crippen molar-refractivity contribution in [3.63, 3.8) is 0 Å². The topological polar surface area (TPSA) is 136 Å². The zero-order valence-corrected chi connectivity index (χ0v) is 9.64. The Morgan fingerprint density at radius 2 is 2.26 bits per heavy atom. The number of aromatic nitrogens is 4. The molecule has 2 aromatic rings. The Hall–Kier alpha value is -3.04. The summed E-state index contributed by atoms with van der Waals surface area (Å²) in [5.41, 5.74) is -0.804. The predicted octanol–water partition coefficient (Wildman–Crippen LogP) is 0.0762. The van der Waals surface area contributed by atoms with E-state index in [1.807, 2.05) is 0 Å². The van der Waals surface area contributed by atoms with Gasteiger partial charge in [0, 0.05) is 6.07 Å². The maximum atomic E-state index is 11.8. The number of nitrogens with zero attached hydrogens (tertiary/aromatic N) is 5. The average molecular weight is 264 g/mol. The third-order valence-corrected chi connectivity index (χ3v) is 2.19. The van der Waals surface area contributed by atoms with Gasteiger partial charge in [-0.1, -0.05) is 11.2 Å². The van der Waals surface area contributed by atoms with Gasteiger partial charge in [0.25, 0.3) is 11.9 Å². The van der Waals surface area contributed by atoms with E-state index in [1.165, 1.54) is 19.2 Å². The minimum absolute atomic E-state index is 0.0709. The van der Waals surface area contributed by atoms with E-state index in [2.05, 4.69) is 20.7 Å². The van der Waals surface area contributed by atoms with E-state index >= 15 is 0 Å². The molecule has 10 nitrogen and oxygen atoms in total. The minimum atomic E-state index is -0.785. The van der Waals surface area contributed by atoms with Gasteiger partial charge in [-0.15, -0.1) is 5.10 Å². The fourth-order valence-electron chi connectivity index (χ4n) is 1.36. The minimum Gasteiger partial charge on any atom is -0.502 e. The average Bonchev–Trinajstić information content (AvgIpc) is 2.74. The summed E-state index contributed by atoms with van der Waals surface area (Å²) in [6.45, 7) is 0. The van der Waals surface area contributed by atoms with Gasteiger partial charge in [-0.05, 0) is 11.3 Å². The van der Waals surface area contributed by atoms with Gasteiger partial charge in [0.1, 0.15) is 0 Å². The molecule has 0 aliphatic heterocycles. The summed E-state index contributed by atoms with van der Waals surface area (Å²) in [6, 6.07) is 3.62. The molecular formula is C9H8N6O4. The zero-order chi connectivity index (χ0) is 14.0. The van der Waals surface area contributed by atoms with Crippen LogP contribution >= 0.6 is 0 Å². The molecule has 0 spiro atoms. The maximum Gasteiger partial charge on any atom is 0.311 e. The second-order valence-electron chi connectivity index (χ2n) is 3.49. The van der Waals surface area contributed by atoms with Crippen LogP contribution in [0.4, 0.5) is 11.6 Å². The van der Waals surface area contributed by atoms with Gasteiger partial charge >= 0.3 is 5.69 Å². The van der Waals surface area contributed by atoms with E-state index in [4.69, 9.17) is 0 Å². The number of nitro groups is 1. The number of hydrogen-bond acceptors (Lipinski definition) is 7. The van der Waals surface area contributed by atoms with Crippen LogP contribution in [0.1, 0.15) is 10.4 Å². The molecule has 1 aromatic carbocycles. The van der Waals surface area contributed by atoms with Crippen molar-refractivity contribution in [3.05, 3.63) is 33.9 Å². The predicted molar refractivity (Wildman–Crippen MR) is 61.5 cm³/mol. The Morgan fingerprint density at radius 1 is 1.53 bits per heavy atom. The quantitative estimate of drug-likeness (QED) is 0.591. The number of nitrogens with one attached hydrogen (secondary N) is 1. The van der Waals surface area contributed by atoms with E-state index in [1.54, 1.807) is 0 Å². The van der Waals surface area contributed by atoms with Gasteiger partial charge in [-0.25, -0.2) is 0 Å². The number of phenols is 1. The van der Waals surface area contributed by atoms with E-state index in [0.29, 0.717) is 0 Å². The molecule has 0 unspecified atom stereocenters. The highest BCUT2D eigenvalue weighted by Crippen LogP contribution is 2.29. The first-order chi connectivity index (χ1) is 8.99. The summed E-state index contributed by atoms with van der Waals surface area (Å²) in [7, 11) is 1.51. The van der Waals surface area contributed by atoms with Crippen molar-refractivity contribution in [2.75, 3.05) is 5.32 Å². The summed E-state index contributed by atoms with van der Waals surface area (Å²) in [6.07, 6.45) is 0. The summed E-state index contributed by atoms with van der Waals surface area (Å²) in [5, 5.41) is 33.3. The Morgan fingerprint density at radius 3 is 2.84 bits per heavy atom. The second-order valence-corrected chi connectivity index (χ2v) is 3.49. The first kappa shape index (κ1) is 12.4. The number of amides is 1. The van der Waals surface area contributed by atoms with Crippen LogP contribution in [0.25, 0.3) is 0 Å². The van der Waals surface area contributed by atoms with Gasteiger partial charge in [0.15, 0.2) is 0 Å². The van der Waals surface area contributed by atoms with Crippen LogP contribution in [-0.4, -0.2) is 36.1 Å². The normalized spacial score (nSPS) is 10.2. The number of carbonyl (C=O) groups is 1. The molecule has 0 aliphatic rings. The van der Waals surface area contributed by atoms with Crippen LogP contribution in [0.3, 0.4) is 0 Å². The Labute approximate surface area is 105 Å². The molecule has 0 saturated heterocycles. The first-order valence-corrected chi connectivity index (χ1v) is 5.00. The molecule has 0 radical (unpaired) electrons. The van der Waals surface area contributed by atoms with Gasteiger partial charge in [-0.3, -0.25) is 20.2 Å². The van der Waals surface area contributed by atoms with E-state index in [9.17, 15) is 20.0 Å². The number of para-hydroxylation sites is 1. The molecule has 0 saturated carbocycles. The number of aromatic hydroxyl groups is 1. The molecular weight excluding hydrogens is 256 g/mol. The fourth-order valence-corrected chi connectivity index (χ4v) is 1.36. The lowest BCUT2D eigenvalue weighted by Crippen LogP contribution is -2.13. The summed E-state index contributed by atoms with van der Waals surface area (Å²) >= 11 is 0. The maximum absolute atomic E-state index is 11.8. The molecule has 19 heavy (non-hydrogen) atoms. The van der Waals surface area contributed by atoms with Crippen molar-refractivity contribution in [1.29, 1.82) is 0 Å². The number of rotatable bonds is 3. The van der Waals surface area contributed by atoms with Crippen LogP contribution < -0.4 is 5.32 Å². The van der Waals surface area contributed by atoms with Crippen LogP contribution in [0.2, 0.25) is 0 Å². The monoisotopic (exact) mass is 264 g/mol. The van der Waals surface area contributed by atoms with Gasteiger partial charge in [0.2, 0.25) is 5.75 Å². The lowest BCUT2D eigenvalue weighted by molar-refractivity contribution is -0.385. The molecule has 10 heteroatoms. The Balaban J connectivity index is 2.29. The molecule has 0 fully saturated rings. The number of carbonyl (C=O) groups excluding carboxylic acids is 1. The molecule has 0 aliphatic carbocycles. The van der Waals surface area contributed by atoms with Crippen LogP contribution in [0.15, 0.2) is 18.2 Å². The Bertz CT molecular complexity index is 652. The SMILES string of the molecule is Cn1nnc(NC(=O)c2cccc([N+](=O)[O-])c2O)n1. The van der Waals surface area contributed by atoms with E-state index in [0.717, 1.165) is 10.9 Å². The first-order valence-electron chi connectivity index (χ1n) is 5.00. The number of benzene rings is 1. The molecule has 1 aromatic heterocycles. The summed E-state index contributed by atoms with van der Waals surface area (Å²) in [4.78, 5) is 22.8. The molecule has 2 N–H and O–H groups in total. The molecule has 0 bridgehead atoms. The van der Waals surface area contributed by atoms with Crippen molar-refractivity contribution in [1.82, 2.24) is 20.2 Å². The van der Waals surface area contributed by atoms with Crippen molar-refractivity contribution < 1.29 is 14.8 Å². The lowest BCUT2D eigenvalue weighted by atomic mass is 10.1. The molecule has 0 atom stereocenters. The number of hydrogen-bond donors (Lipinski definition) is 2. The van der Waals surface area contributed by atoms with Gasteiger partial charge in [0.05, 0.1) is 17.5 Å². The third-order valence-electron chi connectivity index (χ3n) is 2.19. The van der Waals surface area contributed by atoms with Crippen LogP contribution in [0.5, 0.6) is 5.75 Å².